The number of rotatable bonds is 63. The van der Waals surface area contributed by atoms with Gasteiger partial charge >= 0.3 is 17.9 Å². The number of nitrogens with zero attached hydrogens (tertiary/aromatic N) is 1. The van der Waals surface area contributed by atoms with Gasteiger partial charge in [-0.15, -0.1) is 0 Å². The summed E-state index contributed by atoms with van der Waals surface area (Å²) in [7, 11) is 5.96. The number of hydrogen-bond acceptors (Lipinski definition) is 7. The van der Waals surface area contributed by atoms with Gasteiger partial charge < -0.3 is 28.5 Å². The van der Waals surface area contributed by atoms with Gasteiger partial charge in [0, 0.05) is 12.8 Å². The van der Waals surface area contributed by atoms with Gasteiger partial charge in [0.15, 0.2) is 6.10 Å². The van der Waals surface area contributed by atoms with Gasteiger partial charge in [-0.25, -0.2) is 4.79 Å². The van der Waals surface area contributed by atoms with E-state index in [1.165, 1.54) is 231 Å². The van der Waals surface area contributed by atoms with Crippen LogP contribution in [0.2, 0.25) is 0 Å². The van der Waals surface area contributed by atoms with Gasteiger partial charge in [-0.05, 0) is 70.6 Å². The number of carbonyl (C=O) groups excluding carboxylic acids is 2. The minimum atomic E-state index is -1.52. The molecule has 0 rings (SSSR count). The van der Waals surface area contributed by atoms with E-state index in [0.717, 1.165) is 57.8 Å². The number of carbonyl (C=O) groups is 3. The number of carboxylic acid groups (broad SMARTS) is 1. The van der Waals surface area contributed by atoms with Crippen molar-refractivity contribution in [3.05, 3.63) is 48.6 Å². The van der Waals surface area contributed by atoms with Crippen molar-refractivity contribution in [1.82, 2.24) is 0 Å². The molecule has 9 nitrogen and oxygen atoms in total. The molecule has 0 aromatic carbocycles. The van der Waals surface area contributed by atoms with Crippen molar-refractivity contribution < 1.29 is 42.9 Å². The molecule has 0 amide bonds. The molecule has 0 aromatic rings. The molecule has 462 valence electrons. The first-order chi connectivity index (χ1) is 38.6. The maximum absolute atomic E-state index is 12.8. The summed E-state index contributed by atoms with van der Waals surface area (Å²) in [5, 5.41) is 9.69. The molecule has 2 unspecified atom stereocenters. The highest BCUT2D eigenvalue weighted by molar-refractivity contribution is 5.71. The Morgan fingerprint density at radius 3 is 1.10 bits per heavy atom. The maximum atomic E-state index is 12.8. The summed E-state index contributed by atoms with van der Waals surface area (Å²) >= 11 is 0. The van der Waals surface area contributed by atoms with E-state index in [9.17, 15) is 19.5 Å². The van der Waals surface area contributed by atoms with Crippen molar-refractivity contribution in [2.45, 2.75) is 334 Å². The molecule has 9 heteroatoms. The lowest BCUT2D eigenvalue weighted by molar-refractivity contribution is -0.870. The largest absolute Gasteiger partial charge is 0.477 e. The van der Waals surface area contributed by atoms with Crippen LogP contribution >= 0.6 is 0 Å². The first-order valence-corrected chi connectivity index (χ1v) is 33.8. The van der Waals surface area contributed by atoms with Crippen LogP contribution in [0.5, 0.6) is 0 Å². The zero-order valence-electron chi connectivity index (χ0n) is 52.8. The smallest absolute Gasteiger partial charge is 0.361 e. The van der Waals surface area contributed by atoms with Crippen molar-refractivity contribution in [3.8, 4) is 0 Å². The molecule has 79 heavy (non-hydrogen) atoms. The number of aliphatic carboxylic acids is 1. The molecule has 0 aliphatic rings. The Hall–Kier alpha value is -2.75. The number of carboxylic acids is 1. The lowest BCUT2D eigenvalue weighted by Gasteiger charge is -2.25. The van der Waals surface area contributed by atoms with Crippen molar-refractivity contribution >= 4 is 17.9 Å². The van der Waals surface area contributed by atoms with Crippen LogP contribution in [-0.2, 0) is 33.3 Å². The average Bonchev–Trinajstić information content (AvgIpc) is 3.42. The van der Waals surface area contributed by atoms with E-state index in [1.807, 2.05) is 21.1 Å². The fourth-order valence-corrected chi connectivity index (χ4v) is 9.91. The number of quaternary nitrogens is 1. The normalized spacial score (nSPS) is 13.0. The number of allylic oxidation sites excluding steroid dienone is 8. The molecule has 1 N–H and O–H groups in total. The fraction of sp³-hybridized carbons (Fsp3) is 0.843. The Balaban J connectivity index is 3.85. The van der Waals surface area contributed by atoms with Gasteiger partial charge in [-0.3, -0.25) is 9.59 Å². The number of ether oxygens (including phenoxy) is 4. The summed E-state index contributed by atoms with van der Waals surface area (Å²) in [6.07, 6.45) is 75.6. The Morgan fingerprint density at radius 1 is 0.392 bits per heavy atom. The molecule has 0 aliphatic carbocycles. The Bertz CT molecular complexity index is 1430. The topological polar surface area (TPSA) is 108 Å². The molecule has 0 heterocycles. The van der Waals surface area contributed by atoms with Crippen molar-refractivity contribution in [1.29, 1.82) is 0 Å². The van der Waals surface area contributed by atoms with E-state index in [2.05, 4.69) is 62.5 Å². The van der Waals surface area contributed by atoms with E-state index < -0.39 is 24.3 Å². The third-order valence-corrected chi connectivity index (χ3v) is 15.1. The lowest BCUT2D eigenvalue weighted by Crippen LogP contribution is -2.40. The molecule has 0 bridgehead atoms. The first-order valence-electron chi connectivity index (χ1n) is 33.8. The Morgan fingerprint density at radius 2 is 0.722 bits per heavy atom. The molecule has 0 saturated heterocycles. The van der Waals surface area contributed by atoms with Crippen LogP contribution in [0.4, 0.5) is 0 Å². The SMILES string of the molecule is CC/C=C\C/C=C\C/C=C\CCCCCC(=O)OC(COC(=O)CCCCCCCCCCCCCCCCCCCCCCCCCCCCCCC/C=C\CCCCCCCCCC)COC(OCC[N+](C)(C)C)C(=O)O. The number of hydrogen-bond donors (Lipinski definition) is 1. The van der Waals surface area contributed by atoms with E-state index in [1.54, 1.807) is 0 Å². The minimum Gasteiger partial charge on any atom is -0.477 e. The van der Waals surface area contributed by atoms with Crippen LogP contribution < -0.4 is 0 Å². The predicted molar refractivity (Wildman–Crippen MR) is 337 cm³/mol. The van der Waals surface area contributed by atoms with E-state index >= 15 is 0 Å². The van der Waals surface area contributed by atoms with Gasteiger partial charge in [-0.1, -0.05) is 287 Å². The van der Waals surface area contributed by atoms with Crippen LogP contribution in [0.25, 0.3) is 0 Å². The standard InChI is InChI=1S/C70H129NO8/c1-6-8-10-12-14-16-18-20-21-22-23-24-25-26-27-28-29-30-31-32-33-34-35-36-37-38-39-40-41-42-43-44-45-46-47-49-50-52-54-56-58-60-67(72)77-64-66(65-78-70(69(74)75)76-63-62-71(3,4)5)79-68(73)61-59-57-55-53-51-48-19-17-15-13-11-9-7-2/h9,11,15,17,22-23,48,51,66,70H,6-8,10,12-14,16,18-21,24-47,49-50,52-65H2,1-5H3/p+1/b11-9-,17-15-,23-22-,51-48-. The van der Waals surface area contributed by atoms with Gasteiger partial charge in [-0.2, -0.15) is 0 Å². The summed E-state index contributed by atoms with van der Waals surface area (Å²) in [5.41, 5.74) is 0. The second kappa shape index (κ2) is 61.3. The molecule has 0 saturated carbocycles. The third-order valence-electron chi connectivity index (χ3n) is 15.1. The van der Waals surface area contributed by atoms with E-state index in [-0.39, 0.29) is 32.2 Å². The molecule has 0 fully saturated rings. The minimum absolute atomic E-state index is 0.182. The van der Waals surface area contributed by atoms with Gasteiger partial charge in [0.05, 0.1) is 34.4 Å². The lowest BCUT2D eigenvalue weighted by atomic mass is 10.0. The zero-order chi connectivity index (χ0) is 57.6. The first kappa shape index (κ1) is 76.2. The second-order valence-corrected chi connectivity index (χ2v) is 24.1. The monoisotopic (exact) mass is 1110 g/mol. The molecule has 0 aromatic heterocycles. The highest BCUT2D eigenvalue weighted by Gasteiger charge is 2.25. The van der Waals surface area contributed by atoms with E-state index in [0.29, 0.717) is 23.9 Å². The number of likely N-dealkylation sites (N-methyl/N-ethyl adjacent to an activating group) is 1. The van der Waals surface area contributed by atoms with Crippen molar-refractivity contribution in [2.24, 2.45) is 0 Å². The zero-order valence-corrected chi connectivity index (χ0v) is 52.8. The highest BCUT2D eigenvalue weighted by Crippen LogP contribution is 2.18. The summed E-state index contributed by atoms with van der Waals surface area (Å²) < 4.78 is 22.8. The summed E-state index contributed by atoms with van der Waals surface area (Å²) in [6.45, 7) is 4.75. The van der Waals surface area contributed by atoms with Gasteiger partial charge in [0.25, 0.3) is 6.29 Å². The predicted octanol–water partition coefficient (Wildman–Crippen LogP) is 20.6. The summed E-state index contributed by atoms with van der Waals surface area (Å²) in [5.74, 6) is -2.03. The molecular formula is C70H130NO8+. The molecule has 0 spiro atoms. The Kier molecular flexibility index (Phi) is 59.2. The number of unbranched alkanes of at least 4 members (excludes halogenated alkanes) is 40. The van der Waals surface area contributed by atoms with Crippen LogP contribution in [0.1, 0.15) is 322 Å². The van der Waals surface area contributed by atoms with Gasteiger partial charge in [0.1, 0.15) is 13.2 Å². The summed E-state index contributed by atoms with van der Waals surface area (Å²) in [4.78, 5) is 37.4. The fourth-order valence-electron chi connectivity index (χ4n) is 9.91. The van der Waals surface area contributed by atoms with Crippen LogP contribution in [0.3, 0.4) is 0 Å². The average molecular weight is 1110 g/mol. The third kappa shape index (κ3) is 62.7. The van der Waals surface area contributed by atoms with Crippen LogP contribution in [0.15, 0.2) is 48.6 Å². The van der Waals surface area contributed by atoms with Crippen LogP contribution in [-0.4, -0.2) is 87.4 Å². The van der Waals surface area contributed by atoms with E-state index in [4.69, 9.17) is 18.9 Å². The maximum Gasteiger partial charge on any atom is 0.361 e. The van der Waals surface area contributed by atoms with Crippen molar-refractivity contribution in [2.75, 3.05) is 47.5 Å². The number of esters is 2. The molecule has 0 aliphatic heterocycles. The molecule has 2 atom stereocenters. The Labute approximate surface area is 489 Å². The molecule has 0 radical (unpaired) electrons. The van der Waals surface area contributed by atoms with Crippen molar-refractivity contribution in [3.63, 3.8) is 0 Å². The quantitative estimate of drug-likeness (QED) is 0.0211. The van der Waals surface area contributed by atoms with Crippen LogP contribution in [0, 0.1) is 0 Å². The van der Waals surface area contributed by atoms with Gasteiger partial charge in [0.2, 0.25) is 0 Å². The summed E-state index contributed by atoms with van der Waals surface area (Å²) in [6, 6.07) is 0. The molecular weight excluding hydrogens is 983 g/mol. The highest BCUT2D eigenvalue weighted by atomic mass is 16.7. The second-order valence-electron chi connectivity index (χ2n) is 24.1.